The molecular formula is C31H32N2O5S. The summed E-state index contributed by atoms with van der Waals surface area (Å²) in [5, 5.41) is -0.523. The standard InChI is InChI=1S/C31H32N2O5S/c1-22-17-33(31(35)32-29(22)34)30-28(38-20-25-15-9-4-10-16-25)27(37-19-24-13-7-3-8-14-24)26(39-30)21-36-18-23-11-5-2-6-12-23/h2-17,26-28,30H,18-21H2,1H3,(H,32,34,35)/t26-,27+,28-,30?/m1/s1. The first-order valence-electron chi connectivity index (χ1n) is 13.0. The lowest BCUT2D eigenvalue weighted by Gasteiger charge is -2.27. The van der Waals surface area contributed by atoms with Crippen molar-refractivity contribution in [3.05, 3.63) is 140 Å². The number of hydrogen-bond donors (Lipinski definition) is 1. The van der Waals surface area contributed by atoms with E-state index in [1.165, 1.54) is 0 Å². The number of benzene rings is 3. The highest BCUT2D eigenvalue weighted by atomic mass is 32.2. The van der Waals surface area contributed by atoms with Crippen molar-refractivity contribution in [1.29, 1.82) is 0 Å². The molecule has 0 amide bonds. The van der Waals surface area contributed by atoms with Crippen LogP contribution in [-0.2, 0) is 34.0 Å². The number of nitrogens with zero attached hydrogens (tertiary/aromatic N) is 1. The van der Waals surface area contributed by atoms with Crippen molar-refractivity contribution in [2.24, 2.45) is 0 Å². The van der Waals surface area contributed by atoms with Gasteiger partial charge in [-0.05, 0) is 23.6 Å². The van der Waals surface area contributed by atoms with Crippen molar-refractivity contribution in [3.63, 3.8) is 0 Å². The van der Waals surface area contributed by atoms with Gasteiger partial charge in [-0.25, -0.2) is 4.79 Å². The Balaban J connectivity index is 1.43. The SMILES string of the molecule is Cc1cn(C2S[C@H](COCc3ccccc3)[C@H](OCc3ccccc3)[C@H]2OCc2ccccc2)c(=O)[nH]c1=O. The predicted octanol–water partition coefficient (Wildman–Crippen LogP) is 4.85. The Morgan fingerprint density at radius 2 is 1.26 bits per heavy atom. The minimum atomic E-state index is -0.468. The summed E-state index contributed by atoms with van der Waals surface area (Å²) in [4.78, 5) is 27.5. The van der Waals surface area contributed by atoms with Crippen molar-refractivity contribution in [1.82, 2.24) is 9.55 Å². The molecular weight excluding hydrogens is 512 g/mol. The zero-order chi connectivity index (χ0) is 27.0. The van der Waals surface area contributed by atoms with Gasteiger partial charge in [-0.3, -0.25) is 14.3 Å². The van der Waals surface area contributed by atoms with Crippen molar-refractivity contribution < 1.29 is 14.2 Å². The maximum atomic E-state index is 13.0. The van der Waals surface area contributed by atoms with Gasteiger partial charge in [0.1, 0.15) is 17.6 Å². The highest BCUT2D eigenvalue weighted by molar-refractivity contribution is 8.00. The second-order valence-corrected chi connectivity index (χ2v) is 10.9. The lowest BCUT2D eigenvalue weighted by Crippen LogP contribution is -2.41. The number of ether oxygens (including phenoxy) is 3. The lowest BCUT2D eigenvalue weighted by atomic mass is 10.1. The molecule has 1 aromatic heterocycles. The Labute approximate surface area is 231 Å². The molecule has 0 radical (unpaired) electrons. The molecule has 1 saturated heterocycles. The van der Waals surface area contributed by atoms with E-state index in [2.05, 4.69) is 4.98 Å². The summed E-state index contributed by atoms with van der Waals surface area (Å²) in [7, 11) is 0. The molecule has 4 aromatic rings. The molecule has 202 valence electrons. The number of aromatic amines is 1. The molecule has 0 bridgehead atoms. The van der Waals surface area contributed by atoms with Gasteiger partial charge in [0.25, 0.3) is 5.56 Å². The zero-order valence-electron chi connectivity index (χ0n) is 21.8. The van der Waals surface area contributed by atoms with Crippen LogP contribution >= 0.6 is 11.8 Å². The lowest BCUT2D eigenvalue weighted by molar-refractivity contribution is -0.0920. The fourth-order valence-corrected chi connectivity index (χ4v) is 6.22. The van der Waals surface area contributed by atoms with E-state index in [0.717, 1.165) is 16.7 Å². The van der Waals surface area contributed by atoms with E-state index >= 15 is 0 Å². The minimum Gasteiger partial charge on any atom is -0.376 e. The third-order valence-corrected chi connectivity index (χ3v) is 8.20. The molecule has 0 aliphatic carbocycles. The third kappa shape index (κ3) is 6.96. The maximum Gasteiger partial charge on any atom is 0.329 e. The Hall–Kier alpha value is -3.43. The van der Waals surface area contributed by atoms with Crippen LogP contribution in [-0.4, -0.2) is 33.6 Å². The molecule has 1 unspecified atom stereocenters. The molecule has 7 nitrogen and oxygen atoms in total. The Kier molecular flexibility index (Phi) is 9.11. The number of hydrogen-bond acceptors (Lipinski definition) is 6. The van der Waals surface area contributed by atoms with E-state index in [1.807, 2.05) is 91.0 Å². The highest BCUT2D eigenvalue weighted by Gasteiger charge is 2.47. The summed E-state index contributed by atoms with van der Waals surface area (Å²) in [6, 6.07) is 29.9. The number of nitrogens with one attached hydrogen (secondary N) is 1. The quantitative estimate of drug-likeness (QED) is 0.291. The van der Waals surface area contributed by atoms with E-state index in [9.17, 15) is 9.59 Å². The van der Waals surface area contributed by atoms with Gasteiger partial charge in [0.2, 0.25) is 0 Å². The largest absolute Gasteiger partial charge is 0.376 e. The first kappa shape index (κ1) is 27.1. The van der Waals surface area contributed by atoms with Crippen LogP contribution in [0, 0.1) is 6.92 Å². The van der Waals surface area contributed by atoms with Crippen LogP contribution in [0.2, 0.25) is 0 Å². The summed E-state index contributed by atoms with van der Waals surface area (Å²) in [6.07, 6.45) is 0.783. The molecule has 0 saturated carbocycles. The van der Waals surface area contributed by atoms with Gasteiger partial charge in [0.15, 0.2) is 0 Å². The van der Waals surface area contributed by atoms with Crippen LogP contribution in [0.4, 0.5) is 0 Å². The number of H-pyrrole nitrogens is 1. The highest BCUT2D eigenvalue weighted by Crippen LogP contribution is 2.45. The van der Waals surface area contributed by atoms with E-state index < -0.39 is 17.2 Å². The van der Waals surface area contributed by atoms with E-state index in [-0.39, 0.29) is 16.9 Å². The predicted molar refractivity (Wildman–Crippen MR) is 153 cm³/mol. The fourth-order valence-electron chi connectivity index (χ4n) is 4.62. The molecule has 1 fully saturated rings. The van der Waals surface area contributed by atoms with Crippen LogP contribution in [0.5, 0.6) is 0 Å². The Morgan fingerprint density at radius 3 is 1.82 bits per heavy atom. The van der Waals surface area contributed by atoms with Gasteiger partial charge in [0.05, 0.1) is 31.7 Å². The second kappa shape index (κ2) is 13.1. The van der Waals surface area contributed by atoms with Crippen LogP contribution in [0.3, 0.4) is 0 Å². The molecule has 2 heterocycles. The topological polar surface area (TPSA) is 82.6 Å². The molecule has 39 heavy (non-hydrogen) atoms. The summed E-state index contributed by atoms with van der Waals surface area (Å²) >= 11 is 1.58. The van der Waals surface area contributed by atoms with Crippen molar-refractivity contribution >= 4 is 11.8 Å². The average Bonchev–Trinajstić information content (AvgIpc) is 3.31. The molecule has 3 aromatic carbocycles. The van der Waals surface area contributed by atoms with Crippen LogP contribution in [0.25, 0.3) is 0 Å². The van der Waals surface area contributed by atoms with Gasteiger partial charge in [-0.1, -0.05) is 91.0 Å². The first-order chi connectivity index (χ1) is 19.1. The van der Waals surface area contributed by atoms with Crippen LogP contribution in [0.1, 0.15) is 27.6 Å². The Bertz CT molecular complexity index is 1440. The molecule has 0 spiro atoms. The minimum absolute atomic E-state index is 0.109. The van der Waals surface area contributed by atoms with Crippen LogP contribution < -0.4 is 11.2 Å². The smallest absolute Gasteiger partial charge is 0.329 e. The number of aryl methyl sites for hydroxylation is 1. The summed E-state index contributed by atoms with van der Waals surface area (Å²) in [5.41, 5.74) is 2.76. The fraction of sp³-hybridized carbons (Fsp3) is 0.290. The average molecular weight is 545 g/mol. The van der Waals surface area contributed by atoms with Crippen molar-refractivity contribution in [3.8, 4) is 0 Å². The maximum absolute atomic E-state index is 13.0. The Morgan fingerprint density at radius 1 is 0.744 bits per heavy atom. The summed E-state index contributed by atoms with van der Waals surface area (Å²) in [6.45, 7) is 3.35. The van der Waals surface area contributed by atoms with Crippen molar-refractivity contribution in [2.45, 2.75) is 49.6 Å². The van der Waals surface area contributed by atoms with Crippen LogP contribution in [0.15, 0.2) is 107 Å². The molecule has 5 rings (SSSR count). The number of thioether (sulfide) groups is 1. The molecule has 8 heteroatoms. The normalized spacial score (nSPS) is 20.7. The monoisotopic (exact) mass is 544 g/mol. The number of rotatable bonds is 11. The van der Waals surface area contributed by atoms with E-state index in [1.54, 1.807) is 29.4 Å². The second-order valence-electron chi connectivity index (χ2n) is 9.57. The van der Waals surface area contributed by atoms with E-state index in [4.69, 9.17) is 14.2 Å². The van der Waals surface area contributed by atoms with Gasteiger partial charge in [0, 0.05) is 11.8 Å². The summed E-state index contributed by atoms with van der Waals surface area (Å²) in [5.74, 6) is 0. The van der Waals surface area contributed by atoms with Crippen molar-refractivity contribution in [2.75, 3.05) is 6.61 Å². The van der Waals surface area contributed by atoms with Gasteiger partial charge < -0.3 is 14.2 Å². The van der Waals surface area contributed by atoms with E-state index in [0.29, 0.717) is 32.0 Å². The zero-order valence-corrected chi connectivity index (χ0v) is 22.6. The molecule has 4 atom stereocenters. The van der Waals surface area contributed by atoms with Gasteiger partial charge in [-0.2, -0.15) is 0 Å². The van der Waals surface area contributed by atoms with Gasteiger partial charge in [-0.15, -0.1) is 11.8 Å². The third-order valence-electron chi connectivity index (χ3n) is 6.67. The summed E-state index contributed by atoms with van der Waals surface area (Å²) < 4.78 is 20.8. The molecule has 1 aliphatic heterocycles. The first-order valence-corrected chi connectivity index (χ1v) is 13.9. The molecule has 1 N–H and O–H groups in total. The number of aromatic nitrogens is 2. The van der Waals surface area contributed by atoms with Gasteiger partial charge >= 0.3 is 5.69 Å². The molecule has 1 aliphatic rings.